The Morgan fingerprint density at radius 2 is 1.69 bits per heavy atom. The second-order valence-electron chi connectivity index (χ2n) is 3.63. The van der Waals surface area contributed by atoms with Gasteiger partial charge in [0.2, 0.25) is 0 Å². The molecule has 0 saturated carbocycles. The van der Waals surface area contributed by atoms with Crippen molar-refractivity contribution >= 4 is 17.4 Å². The van der Waals surface area contributed by atoms with Crippen molar-refractivity contribution in [3.63, 3.8) is 0 Å². The van der Waals surface area contributed by atoms with E-state index in [1.807, 2.05) is 37.3 Å². The van der Waals surface area contributed by atoms with E-state index >= 15 is 0 Å². The van der Waals surface area contributed by atoms with Crippen molar-refractivity contribution in [3.05, 3.63) is 70.2 Å². The van der Waals surface area contributed by atoms with Crippen molar-refractivity contribution in [1.29, 1.82) is 0 Å². The van der Waals surface area contributed by atoms with Crippen LogP contribution in [0.2, 0.25) is 5.02 Å². The molecule has 1 nitrogen and oxygen atoms in total. The van der Waals surface area contributed by atoms with Gasteiger partial charge in [0, 0.05) is 11.1 Å². The summed E-state index contributed by atoms with van der Waals surface area (Å²) in [5, 5.41) is 0.538. The zero-order chi connectivity index (χ0) is 11.5. The fourth-order valence-electron chi connectivity index (χ4n) is 1.57. The highest BCUT2D eigenvalue weighted by molar-refractivity contribution is 6.35. The molecule has 2 heteroatoms. The van der Waals surface area contributed by atoms with Gasteiger partial charge < -0.3 is 0 Å². The summed E-state index contributed by atoms with van der Waals surface area (Å²) in [6.07, 6.45) is 0. The standard InChI is InChI=1S/C14H11ClO/c1-10-6-5-9-12(13(10)15)14(16)11-7-3-2-4-8-11/h2-9H,1H3. The van der Waals surface area contributed by atoms with Crippen LogP contribution in [-0.2, 0) is 0 Å². The van der Waals surface area contributed by atoms with Gasteiger partial charge in [-0.2, -0.15) is 0 Å². The number of hydrogen-bond acceptors (Lipinski definition) is 1. The highest BCUT2D eigenvalue weighted by Crippen LogP contribution is 2.22. The largest absolute Gasteiger partial charge is 0.289 e. The molecule has 0 amide bonds. The Balaban J connectivity index is 2.46. The predicted octanol–water partition coefficient (Wildman–Crippen LogP) is 3.88. The molecule has 0 saturated heterocycles. The summed E-state index contributed by atoms with van der Waals surface area (Å²) < 4.78 is 0. The summed E-state index contributed by atoms with van der Waals surface area (Å²) in [7, 11) is 0. The smallest absolute Gasteiger partial charge is 0.194 e. The minimum Gasteiger partial charge on any atom is -0.289 e. The van der Waals surface area contributed by atoms with E-state index in [0.717, 1.165) is 5.56 Å². The number of carbonyl (C=O) groups is 1. The minimum absolute atomic E-state index is 0.0331. The molecule has 80 valence electrons. The highest BCUT2D eigenvalue weighted by Gasteiger charge is 2.12. The quantitative estimate of drug-likeness (QED) is 0.716. The second-order valence-corrected chi connectivity index (χ2v) is 4.01. The maximum atomic E-state index is 12.1. The first-order valence-corrected chi connectivity index (χ1v) is 5.43. The van der Waals surface area contributed by atoms with Crippen LogP contribution >= 0.6 is 11.6 Å². The third kappa shape index (κ3) is 2.00. The number of halogens is 1. The van der Waals surface area contributed by atoms with Crippen LogP contribution in [0.3, 0.4) is 0 Å². The molecule has 2 aromatic carbocycles. The number of rotatable bonds is 2. The Hall–Kier alpha value is -1.60. The lowest BCUT2D eigenvalue weighted by Gasteiger charge is -2.05. The van der Waals surface area contributed by atoms with Crippen molar-refractivity contribution in [2.24, 2.45) is 0 Å². The maximum absolute atomic E-state index is 12.1. The Morgan fingerprint density at radius 1 is 1.00 bits per heavy atom. The van der Waals surface area contributed by atoms with E-state index in [1.165, 1.54) is 0 Å². The van der Waals surface area contributed by atoms with Crippen LogP contribution in [0.15, 0.2) is 48.5 Å². The van der Waals surface area contributed by atoms with Gasteiger partial charge in [0.15, 0.2) is 5.78 Å². The molecule has 0 fully saturated rings. The first-order valence-electron chi connectivity index (χ1n) is 5.05. The Kier molecular flexibility index (Phi) is 3.07. The molecule has 2 aromatic rings. The fourth-order valence-corrected chi connectivity index (χ4v) is 1.78. The molecule has 0 bridgehead atoms. The molecule has 0 N–H and O–H groups in total. The topological polar surface area (TPSA) is 17.1 Å². The lowest BCUT2D eigenvalue weighted by atomic mass is 10.0. The monoisotopic (exact) mass is 230 g/mol. The van der Waals surface area contributed by atoms with Crippen LogP contribution in [0, 0.1) is 6.92 Å². The van der Waals surface area contributed by atoms with Crippen molar-refractivity contribution in [2.45, 2.75) is 6.92 Å². The molecule has 0 aliphatic carbocycles. The van der Waals surface area contributed by atoms with E-state index in [-0.39, 0.29) is 5.78 Å². The van der Waals surface area contributed by atoms with Gasteiger partial charge in [0.25, 0.3) is 0 Å². The van der Waals surface area contributed by atoms with Gasteiger partial charge in [0.1, 0.15) is 0 Å². The van der Waals surface area contributed by atoms with E-state index in [9.17, 15) is 4.79 Å². The normalized spacial score (nSPS) is 10.1. The van der Waals surface area contributed by atoms with Crippen LogP contribution in [0.4, 0.5) is 0 Å². The zero-order valence-corrected chi connectivity index (χ0v) is 9.66. The molecule has 0 atom stereocenters. The van der Waals surface area contributed by atoms with Crippen LogP contribution in [-0.4, -0.2) is 5.78 Å². The molecule has 0 aliphatic rings. The molecule has 0 aliphatic heterocycles. The molecule has 0 heterocycles. The summed E-state index contributed by atoms with van der Waals surface area (Å²) in [6, 6.07) is 14.6. The summed E-state index contributed by atoms with van der Waals surface area (Å²) in [4.78, 5) is 12.1. The van der Waals surface area contributed by atoms with Crippen molar-refractivity contribution in [1.82, 2.24) is 0 Å². The van der Waals surface area contributed by atoms with Gasteiger partial charge in [-0.1, -0.05) is 54.1 Å². The molecule has 16 heavy (non-hydrogen) atoms. The van der Waals surface area contributed by atoms with Crippen LogP contribution in [0.25, 0.3) is 0 Å². The Labute approximate surface area is 99.7 Å². The third-order valence-electron chi connectivity index (χ3n) is 2.47. The molecular weight excluding hydrogens is 220 g/mol. The number of carbonyl (C=O) groups excluding carboxylic acids is 1. The van der Waals surface area contributed by atoms with Gasteiger partial charge >= 0.3 is 0 Å². The van der Waals surface area contributed by atoms with E-state index in [2.05, 4.69) is 0 Å². The second kappa shape index (κ2) is 4.50. The molecule has 0 radical (unpaired) electrons. The summed E-state index contributed by atoms with van der Waals surface area (Å²) in [6.45, 7) is 1.89. The SMILES string of the molecule is Cc1cccc(C(=O)c2ccccc2)c1Cl. The third-order valence-corrected chi connectivity index (χ3v) is 2.97. The van der Waals surface area contributed by atoms with E-state index < -0.39 is 0 Å². The zero-order valence-electron chi connectivity index (χ0n) is 8.91. The van der Waals surface area contributed by atoms with Crippen LogP contribution < -0.4 is 0 Å². The number of aryl methyl sites for hydroxylation is 1. The Morgan fingerprint density at radius 3 is 2.38 bits per heavy atom. The van der Waals surface area contributed by atoms with E-state index in [0.29, 0.717) is 16.1 Å². The van der Waals surface area contributed by atoms with Gasteiger partial charge in [-0.15, -0.1) is 0 Å². The first kappa shape index (κ1) is 10.9. The first-order chi connectivity index (χ1) is 7.70. The van der Waals surface area contributed by atoms with Gasteiger partial charge in [-0.3, -0.25) is 4.79 Å². The average molecular weight is 231 g/mol. The molecule has 0 unspecified atom stereocenters. The van der Waals surface area contributed by atoms with Crippen molar-refractivity contribution < 1.29 is 4.79 Å². The molecule has 0 spiro atoms. The van der Waals surface area contributed by atoms with E-state index in [4.69, 9.17) is 11.6 Å². The number of benzene rings is 2. The van der Waals surface area contributed by atoms with Crippen LogP contribution in [0.1, 0.15) is 21.5 Å². The molecular formula is C14H11ClO. The van der Waals surface area contributed by atoms with E-state index in [1.54, 1.807) is 18.2 Å². The van der Waals surface area contributed by atoms with Gasteiger partial charge in [-0.05, 0) is 18.6 Å². The minimum atomic E-state index is -0.0331. The molecule has 2 rings (SSSR count). The summed E-state index contributed by atoms with van der Waals surface area (Å²) in [5.41, 5.74) is 2.14. The maximum Gasteiger partial charge on any atom is 0.194 e. The number of ketones is 1. The lowest BCUT2D eigenvalue weighted by Crippen LogP contribution is -2.02. The van der Waals surface area contributed by atoms with Crippen molar-refractivity contribution in [2.75, 3.05) is 0 Å². The highest BCUT2D eigenvalue weighted by atomic mass is 35.5. The van der Waals surface area contributed by atoms with Gasteiger partial charge in [-0.25, -0.2) is 0 Å². The number of hydrogen-bond donors (Lipinski definition) is 0. The Bertz CT molecular complexity index is 518. The molecule has 0 aromatic heterocycles. The lowest BCUT2D eigenvalue weighted by molar-refractivity contribution is 0.103. The van der Waals surface area contributed by atoms with Gasteiger partial charge in [0.05, 0.1) is 5.02 Å². The van der Waals surface area contributed by atoms with Crippen LogP contribution in [0.5, 0.6) is 0 Å². The fraction of sp³-hybridized carbons (Fsp3) is 0.0714. The summed E-state index contributed by atoms with van der Waals surface area (Å²) >= 11 is 6.12. The summed E-state index contributed by atoms with van der Waals surface area (Å²) in [5.74, 6) is -0.0331. The average Bonchev–Trinajstić information content (AvgIpc) is 2.33. The predicted molar refractivity (Wildman–Crippen MR) is 66.1 cm³/mol. The van der Waals surface area contributed by atoms with Crippen molar-refractivity contribution in [3.8, 4) is 0 Å².